The second-order valence-electron chi connectivity index (χ2n) is 14.2. The molecule has 0 bridgehead atoms. The Hall–Kier alpha value is -2.37. The van der Waals surface area contributed by atoms with Crippen molar-refractivity contribution in [2.45, 2.75) is 180 Å². The molecule has 0 heterocycles. The van der Waals surface area contributed by atoms with E-state index in [9.17, 15) is 29.3 Å². The van der Waals surface area contributed by atoms with E-state index in [1.54, 1.807) is 12.2 Å². The van der Waals surface area contributed by atoms with Gasteiger partial charge in [-0.15, -0.1) is 0 Å². The van der Waals surface area contributed by atoms with Crippen LogP contribution in [0.4, 0.5) is 0 Å². The second kappa shape index (κ2) is 39.5. The second-order valence-corrected chi connectivity index (χ2v) is 15.7. The van der Waals surface area contributed by atoms with Crippen LogP contribution in [0.25, 0.3) is 0 Å². The molecule has 11 nitrogen and oxygen atoms in total. The maximum Gasteiger partial charge on any atom is 0.472 e. The average molecular weight is 813 g/mol. The van der Waals surface area contributed by atoms with Crippen LogP contribution < -0.4 is 0 Å². The van der Waals surface area contributed by atoms with Gasteiger partial charge in [-0.3, -0.25) is 18.6 Å². The van der Waals surface area contributed by atoms with Crippen molar-refractivity contribution >= 4 is 19.8 Å². The number of phosphoric ester groups is 1. The quantitative estimate of drug-likeness (QED) is 0.0153. The van der Waals surface area contributed by atoms with Gasteiger partial charge in [0.1, 0.15) is 12.7 Å². The van der Waals surface area contributed by atoms with E-state index in [2.05, 4.69) is 54.8 Å². The topological polar surface area (TPSA) is 169 Å². The molecule has 0 aliphatic rings. The Morgan fingerprint density at radius 2 is 1.12 bits per heavy atom. The molecule has 0 radical (unpaired) electrons. The Balaban J connectivity index is 4.54. The maximum absolute atomic E-state index is 12.6. The Labute approximate surface area is 338 Å². The number of phosphoric acid groups is 1. The van der Waals surface area contributed by atoms with Gasteiger partial charge in [-0.05, 0) is 70.6 Å². The Morgan fingerprint density at radius 3 is 1.79 bits per heavy atom. The monoisotopic (exact) mass is 813 g/mol. The number of hydrogen-bond acceptors (Lipinski definition) is 10. The van der Waals surface area contributed by atoms with Crippen LogP contribution in [-0.4, -0.2) is 76.9 Å². The third-order valence-electron chi connectivity index (χ3n) is 8.75. The molecule has 0 aromatic rings. The molecule has 12 heteroatoms. The molecular formula is C44H77O11P. The Bertz CT molecular complexity index is 1130. The van der Waals surface area contributed by atoms with Gasteiger partial charge in [-0.1, -0.05) is 139 Å². The summed E-state index contributed by atoms with van der Waals surface area (Å²) in [6, 6.07) is 0. The van der Waals surface area contributed by atoms with E-state index in [1.165, 1.54) is 57.8 Å². The third-order valence-corrected chi connectivity index (χ3v) is 9.70. The van der Waals surface area contributed by atoms with E-state index in [4.69, 9.17) is 19.1 Å². The van der Waals surface area contributed by atoms with Crippen LogP contribution in [0.15, 0.2) is 60.8 Å². The molecule has 0 spiro atoms. The molecule has 0 saturated carbocycles. The van der Waals surface area contributed by atoms with Crippen LogP contribution in [-0.2, 0) is 32.7 Å². The highest BCUT2D eigenvalue weighted by atomic mass is 31.2. The number of aliphatic hydroxyl groups is 3. The third kappa shape index (κ3) is 38.5. The van der Waals surface area contributed by atoms with Crippen molar-refractivity contribution < 1.29 is 52.9 Å². The molecule has 4 atom stereocenters. The SMILES string of the molecule is CCCCC/C=C\C/C=C\C/C=C\C=C\[C@H](O)CCCC(=O)O[C@H](COC(=O)CCCCCCC/C=C\CCCCCCCC)COP(=O)(O)OC[C@@H](O)CO. The van der Waals surface area contributed by atoms with E-state index in [1.807, 2.05) is 12.2 Å². The van der Waals surface area contributed by atoms with Crippen molar-refractivity contribution in [3.8, 4) is 0 Å². The summed E-state index contributed by atoms with van der Waals surface area (Å²) in [5.41, 5.74) is 0. The molecule has 0 aromatic carbocycles. The van der Waals surface area contributed by atoms with E-state index >= 15 is 0 Å². The van der Waals surface area contributed by atoms with Crippen molar-refractivity contribution in [3.05, 3.63) is 60.8 Å². The lowest BCUT2D eigenvalue weighted by atomic mass is 10.1. The Morgan fingerprint density at radius 1 is 0.607 bits per heavy atom. The van der Waals surface area contributed by atoms with Crippen LogP contribution in [0.3, 0.4) is 0 Å². The summed E-state index contributed by atoms with van der Waals surface area (Å²) < 4.78 is 32.5. The van der Waals surface area contributed by atoms with Crippen molar-refractivity contribution in [2.75, 3.05) is 26.4 Å². The van der Waals surface area contributed by atoms with E-state index in [-0.39, 0.29) is 12.8 Å². The van der Waals surface area contributed by atoms with Gasteiger partial charge in [0.25, 0.3) is 0 Å². The number of rotatable bonds is 39. The zero-order valence-electron chi connectivity index (χ0n) is 34.7. The molecule has 56 heavy (non-hydrogen) atoms. The highest BCUT2D eigenvalue weighted by Crippen LogP contribution is 2.43. The van der Waals surface area contributed by atoms with Crippen LogP contribution in [0.2, 0.25) is 0 Å². The van der Waals surface area contributed by atoms with E-state index in [0.717, 1.165) is 57.8 Å². The molecule has 0 amide bonds. The fraction of sp³-hybridized carbons (Fsp3) is 0.727. The minimum Gasteiger partial charge on any atom is -0.462 e. The smallest absolute Gasteiger partial charge is 0.462 e. The predicted octanol–water partition coefficient (Wildman–Crippen LogP) is 10.1. The van der Waals surface area contributed by atoms with Crippen molar-refractivity contribution in [2.24, 2.45) is 0 Å². The zero-order chi connectivity index (χ0) is 41.4. The summed E-state index contributed by atoms with van der Waals surface area (Å²) >= 11 is 0. The zero-order valence-corrected chi connectivity index (χ0v) is 35.6. The molecule has 324 valence electrons. The highest BCUT2D eigenvalue weighted by molar-refractivity contribution is 7.47. The average Bonchev–Trinajstić information content (AvgIpc) is 3.18. The summed E-state index contributed by atoms with van der Waals surface area (Å²) in [4.78, 5) is 35.0. The number of ether oxygens (including phenoxy) is 2. The summed E-state index contributed by atoms with van der Waals surface area (Å²) in [5.74, 6) is -1.14. The lowest BCUT2D eigenvalue weighted by molar-refractivity contribution is -0.161. The largest absolute Gasteiger partial charge is 0.472 e. The normalized spacial score (nSPS) is 15.0. The van der Waals surface area contributed by atoms with Gasteiger partial charge in [0.15, 0.2) is 6.10 Å². The van der Waals surface area contributed by atoms with Gasteiger partial charge in [-0.25, -0.2) is 4.57 Å². The number of unbranched alkanes of at least 4 members (excludes halogenated alkanes) is 14. The molecule has 0 aliphatic carbocycles. The van der Waals surface area contributed by atoms with Gasteiger partial charge in [0, 0.05) is 12.8 Å². The first-order valence-electron chi connectivity index (χ1n) is 21.4. The fourth-order valence-corrected chi connectivity index (χ4v) is 6.17. The maximum atomic E-state index is 12.6. The first-order chi connectivity index (χ1) is 27.1. The molecule has 0 aliphatic heterocycles. The van der Waals surface area contributed by atoms with Gasteiger partial charge >= 0.3 is 19.8 Å². The van der Waals surface area contributed by atoms with Gasteiger partial charge in [0.05, 0.1) is 25.9 Å². The number of esters is 2. The van der Waals surface area contributed by atoms with E-state index in [0.29, 0.717) is 19.3 Å². The molecule has 1 unspecified atom stereocenters. The number of aliphatic hydroxyl groups excluding tert-OH is 3. The molecular weight excluding hydrogens is 735 g/mol. The molecule has 0 rings (SSSR count). The van der Waals surface area contributed by atoms with Crippen molar-refractivity contribution in [1.82, 2.24) is 0 Å². The standard InChI is InChI=1S/C44H77O11P/c1-3-5-7-9-11-13-15-17-18-20-22-24-26-28-30-34-43(48)52-38-42(39-54-56(50,51)53-37-41(47)36-45)55-44(49)35-31-33-40(46)32-29-27-25-23-21-19-16-14-12-10-8-6-4-2/h12,14,17-19,21,25,27,29,32,40-42,45-47H,3-11,13,15-16,20,22-24,26,28,30-31,33-39H2,1-2H3,(H,50,51)/b14-12-,18-17-,21-19-,27-25-,32-29+/t40-,41-,42+/m0/s1. The van der Waals surface area contributed by atoms with Crippen molar-refractivity contribution in [1.29, 1.82) is 0 Å². The number of hydrogen-bond donors (Lipinski definition) is 4. The van der Waals surface area contributed by atoms with Gasteiger partial charge in [-0.2, -0.15) is 0 Å². The first-order valence-corrected chi connectivity index (χ1v) is 22.8. The van der Waals surface area contributed by atoms with Crippen LogP contribution in [0.5, 0.6) is 0 Å². The number of allylic oxidation sites excluding steroid dienone is 9. The fourth-order valence-electron chi connectivity index (χ4n) is 5.38. The van der Waals surface area contributed by atoms with Gasteiger partial charge < -0.3 is 29.7 Å². The summed E-state index contributed by atoms with van der Waals surface area (Å²) in [7, 11) is -4.67. The molecule has 4 N–H and O–H groups in total. The molecule has 0 saturated heterocycles. The highest BCUT2D eigenvalue weighted by Gasteiger charge is 2.27. The van der Waals surface area contributed by atoms with Crippen molar-refractivity contribution in [3.63, 3.8) is 0 Å². The molecule has 0 fully saturated rings. The summed E-state index contributed by atoms with van der Waals surface area (Å²) in [6.07, 6.45) is 39.3. The first kappa shape index (κ1) is 53.6. The van der Waals surface area contributed by atoms with Crippen LogP contribution >= 0.6 is 7.82 Å². The lowest BCUT2D eigenvalue weighted by Gasteiger charge is -2.20. The predicted molar refractivity (Wildman–Crippen MR) is 225 cm³/mol. The molecule has 0 aromatic heterocycles. The number of carbonyl (C=O) groups is 2. The lowest BCUT2D eigenvalue weighted by Crippen LogP contribution is -2.30. The minimum absolute atomic E-state index is 0.0477. The number of carbonyl (C=O) groups excluding carboxylic acids is 2. The van der Waals surface area contributed by atoms with E-state index < -0.39 is 64.5 Å². The van der Waals surface area contributed by atoms with Gasteiger partial charge in [0.2, 0.25) is 0 Å². The van der Waals surface area contributed by atoms with Crippen LogP contribution in [0, 0.1) is 0 Å². The van der Waals surface area contributed by atoms with Crippen LogP contribution in [0.1, 0.15) is 162 Å². The Kier molecular flexibility index (Phi) is 37.8. The minimum atomic E-state index is -4.67. The summed E-state index contributed by atoms with van der Waals surface area (Å²) in [6.45, 7) is 2.10. The summed E-state index contributed by atoms with van der Waals surface area (Å²) in [5, 5.41) is 28.6.